The zero-order valence-electron chi connectivity index (χ0n) is 30.0. The summed E-state index contributed by atoms with van der Waals surface area (Å²) in [5, 5.41) is 7.13. The Hall–Kier alpha value is -7.79. The maximum absolute atomic E-state index is 5.30. The van der Waals surface area contributed by atoms with Crippen molar-refractivity contribution in [3.8, 4) is 0 Å². The predicted molar refractivity (Wildman–Crippen MR) is 223 cm³/mol. The Morgan fingerprint density at radius 1 is 0.298 bits per heavy atom. The van der Waals surface area contributed by atoms with Crippen LogP contribution in [-0.4, -0.2) is 57.0 Å². The fourth-order valence-electron chi connectivity index (χ4n) is 8.97. The largest absolute Gasteiger partial charge is 0.256 e. The minimum atomic E-state index is 0.493. The zero-order valence-corrected chi connectivity index (χ0v) is 30.0. The molecule has 3 aliphatic rings. The van der Waals surface area contributed by atoms with E-state index < -0.39 is 0 Å². The lowest BCUT2D eigenvalue weighted by atomic mass is 9.97. The molecule has 11 nitrogen and oxygen atoms in total. The van der Waals surface area contributed by atoms with Crippen LogP contribution in [0, 0.1) is 0 Å². The second-order valence-electron chi connectivity index (χ2n) is 14.5. The van der Waals surface area contributed by atoms with E-state index in [4.69, 9.17) is 54.8 Å². The molecule has 9 heterocycles. The SMILES string of the molecule is c1ccc2c(c1)c1c(c3cccnc32)CC(c2nc(C3=Nc4c(c5cccnc5c5ncccc45)C3)nc(C3=Nc4c(c5cccnc5c5ncccc45)C3)n2)=N1. The van der Waals surface area contributed by atoms with Gasteiger partial charge in [-0.25, -0.2) is 29.9 Å². The molecule has 3 aliphatic heterocycles. The van der Waals surface area contributed by atoms with Gasteiger partial charge in [0.1, 0.15) is 0 Å². The van der Waals surface area contributed by atoms with Crippen LogP contribution in [0.1, 0.15) is 34.2 Å². The Morgan fingerprint density at radius 3 is 1.05 bits per heavy atom. The first-order chi connectivity index (χ1) is 28.2. The zero-order chi connectivity index (χ0) is 37.2. The molecule has 57 heavy (non-hydrogen) atoms. The summed E-state index contributed by atoms with van der Waals surface area (Å²) >= 11 is 0. The predicted octanol–water partition coefficient (Wildman–Crippen LogP) is 8.80. The highest BCUT2D eigenvalue weighted by atomic mass is 15.1. The van der Waals surface area contributed by atoms with E-state index in [1.807, 2.05) is 61.1 Å². The van der Waals surface area contributed by atoms with Crippen LogP contribution in [0.4, 0.5) is 17.1 Å². The van der Waals surface area contributed by atoms with Gasteiger partial charge >= 0.3 is 0 Å². The van der Waals surface area contributed by atoms with Gasteiger partial charge in [-0.05, 0) is 59.2 Å². The summed E-state index contributed by atoms with van der Waals surface area (Å²) in [6, 6.07) is 28.5. The van der Waals surface area contributed by atoms with Gasteiger partial charge in [-0.15, -0.1) is 0 Å². The van der Waals surface area contributed by atoms with E-state index in [1.165, 1.54) is 0 Å². The van der Waals surface area contributed by atoms with Crippen LogP contribution in [0.15, 0.2) is 131 Å². The molecule has 0 radical (unpaired) electrons. The van der Waals surface area contributed by atoms with Crippen LogP contribution >= 0.6 is 0 Å². The number of rotatable bonds is 3. The number of hydrogen-bond donors (Lipinski definition) is 0. The molecule has 4 aromatic carbocycles. The average Bonchev–Trinajstić information content (AvgIpc) is 4.06. The summed E-state index contributed by atoms with van der Waals surface area (Å²) < 4.78 is 0. The lowest BCUT2D eigenvalue weighted by Crippen LogP contribution is -2.20. The maximum Gasteiger partial charge on any atom is 0.178 e. The summed E-state index contributed by atoms with van der Waals surface area (Å²) in [5.74, 6) is 1.49. The van der Waals surface area contributed by atoms with Crippen molar-refractivity contribution < 1.29 is 0 Å². The van der Waals surface area contributed by atoms with E-state index in [1.54, 1.807) is 12.4 Å². The monoisotopic (exact) mass is 731 g/mol. The first kappa shape index (κ1) is 30.5. The molecule has 0 aliphatic carbocycles. The molecule has 0 saturated heterocycles. The van der Waals surface area contributed by atoms with Crippen molar-refractivity contribution in [2.24, 2.45) is 15.0 Å². The third-order valence-electron chi connectivity index (χ3n) is 11.5. The molecule has 10 aromatic rings. The first-order valence-electron chi connectivity index (χ1n) is 18.8. The van der Waals surface area contributed by atoms with Crippen molar-refractivity contribution in [1.29, 1.82) is 0 Å². The smallest absolute Gasteiger partial charge is 0.178 e. The van der Waals surface area contributed by atoms with Crippen molar-refractivity contribution in [3.05, 3.63) is 150 Å². The van der Waals surface area contributed by atoms with Gasteiger partial charge in [0.25, 0.3) is 0 Å². The standard InChI is InChI=1S/C46H25N11/c1-2-9-24-23(8-1)36-25(10-3-15-47-36)30-20-33(52-37(24)30)44-55-45(34-21-31-26-11-4-16-48-40(26)42-28(38(31)53-34)13-6-18-50-42)57-46(56-44)35-22-32-27-12-5-17-49-41(27)43-29(39(32)54-35)14-7-19-51-43/h1-19H,20-22H2. The topological polar surface area (TPSA) is 140 Å². The minimum Gasteiger partial charge on any atom is -0.256 e. The van der Waals surface area contributed by atoms with E-state index in [9.17, 15) is 0 Å². The number of fused-ring (bicyclic) bond motifs is 18. The van der Waals surface area contributed by atoms with Gasteiger partial charge in [0.15, 0.2) is 17.5 Å². The Kier molecular flexibility index (Phi) is 6.09. The van der Waals surface area contributed by atoms with Crippen LogP contribution in [0.25, 0.3) is 65.3 Å². The van der Waals surface area contributed by atoms with Crippen LogP contribution in [-0.2, 0) is 19.3 Å². The molecule has 0 fully saturated rings. The van der Waals surface area contributed by atoms with Crippen molar-refractivity contribution >= 4 is 99.5 Å². The molecule has 0 bridgehead atoms. The molecule has 0 atom stereocenters. The van der Waals surface area contributed by atoms with Gasteiger partial charge in [0.05, 0.1) is 61.8 Å². The van der Waals surface area contributed by atoms with Gasteiger partial charge in [-0.3, -0.25) is 24.9 Å². The van der Waals surface area contributed by atoms with Crippen LogP contribution in [0.5, 0.6) is 0 Å². The number of hydrogen-bond acceptors (Lipinski definition) is 11. The highest BCUT2D eigenvalue weighted by Gasteiger charge is 2.31. The summed E-state index contributed by atoms with van der Waals surface area (Å²) in [7, 11) is 0. The number of aromatic nitrogens is 8. The molecule has 0 N–H and O–H groups in total. The average molecular weight is 732 g/mol. The maximum atomic E-state index is 5.30. The van der Waals surface area contributed by atoms with Gasteiger partial charge in [-0.1, -0.05) is 42.5 Å². The summed E-state index contributed by atoms with van der Waals surface area (Å²) in [5.41, 5.74) is 12.5. The lowest BCUT2D eigenvalue weighted by molar-refractivity contribution is 0.975. The van der Waals surface area contributed by atoms with E-state index >= 15 is 0 Å². The quantitative estimate of drug-likeness (QED) is 0.164. The van der Waals surface area contributed by atoms with Crippen molar-refractivity contribution in [1.82, 2.24) is 39.9 Å². The molecule has 264 valence electrons. The van der Waals surface area contributed by atoms with Crippen molar-refractivity contribution in [2.75, 3.05) is 0 Å². The highest BCUT2D eigenvalue weighted by molar-refractivity contribution is 6.21. The molecule has 0 amide bonds. The molecule has 0 spiro atoms. The number of nitrogens with zero attached hydrogens (tertiary/aromatic N) is 11. The molecular formula is C46H25N11. The van der Waals surface area contributed by atoms with Crippen LogP contribution in [0.3, 0.4) is 0 Å². The van der Waals surface area contributed by atoms with Gasteiger partial charge in [0.2, 0.25) is 0 Å². The molecule has 0 unspecified atom stereocenters. The van der Waals surface area contributed by atoms with Crippen molar-refractivity contribution in [2.45, 2.75) is 19.3 Å². The summed E-state index contributed by atoms with van der Waals surface area (Å²) in [6.07, 6.45) is 10.7. The number of pyridine rings is 5. The lowest BCUT2D eigenvalue weighted by Gasteiger charge is -2.09. The fraction of sp³-hybridized carbons (Fsp3) is 0.0652. The van der Waals surface area contributed by atoms with Gasteiger partial charge < -0.3 is 0 Å². The second kappa shape index (κ2) is 11.4. The Balaban J connectivity index is 1.02. The van der Waals surface area contributed by atoms with Gasteiger partial charge in [0, 0.05) is 88.0 Å². The molecular weight excluding hydrogens is 707 g/mol. The minimum absolute atomic E-state index is 0.493. The normalized spacial score (nSPS) is 14.4. The highest BCUT2D eigenvalue weighted by Crippen LogP contribution is 2.44. The van der Waals surface area contributed by atoms with E-state index in [0.29, 0.717) is 36.7 Å². The van der Waals surface area contributed by atoms with Crippen molar-refractivity contribution in [3.63, 3.8) is 0 Å². The molecule has 0 saturated carbocycles. The Labute approximate surface area is 322 Å². The van der Waals surface area contributed by atoms with Crippen LogP contribution < -0.4 is 0 Å². The third-order valence-corrected chi connectivity index (χ3v) is 11.5. The number of benzene rings is 4. The number of aliphatic imine (C=N–C) groups is 3. The Morgan fingerprint density at radius 2 is 0.614 bits per heavy atom. The molecule has 13 rings (SSSR count). The first-order valence-corrected chi connectivity index (χ1v) is 18.8. The van der Waals surface area contributed by atoms with Crippen LogP contribution in [0.2, 0.25) is 0 Å². The fourth-order valence-corrected chi connectivity index (χ4v) is 8.97. The molecule has 11 heteroatoms. The van der Waals surface area contributed by atoms with E-state index in [2.05, 4.69) is 42.5 Å². The van der Waals surface area contributed by atoms with E-state index in [0.717, 1.165) is 116 Å². The molecule has 6 aromatic heterocycles. The van der Waals surface area contributed by atoms with E-state index in [-0.39, 0.29) is 0 Å². The van der Waals surface area contributed by atoms with Gasteiger partial charge in [-0.2, -0.15) is 0 Å². The third kappa shape index (κ3) is 4.33. The Bertz CT molecular complexity index is 3190. The second-order valence-corrected chi connectivity index (χ2v) is 14.5. The summed E-state index contributed by atoms with van der Waals surface area (Å²) in [6.45, 7) is 0. The summed E-state index contributed by atoms with van der Waals surface area (Å²) in [4.78, 5) is 55.2.